The minimum Gasteiger partial charge on any atom is -0.326 e. The van der Waals surface area contributed by atoms with Crippen LogP contribution in [0.15, 0.2) is 11.0 Å². The first-order valence-electron chi connectivity index (χ1n) is 3.95. The Balaban J connectivity index is 3.07. The van der Waals surface area contributed by atoms with Crippen LogP contribution in [0.1, 0.15) is 0 Å². The number of hydrogen-bond acceptors (Lipinski definition) is 3. The number of aromatic amines is 1. The monoisotopic (exact) mass is 229 g/mol. The smallest absolute Gasteiger partial charge is 0.232 e. The van der Waals surface area contributed by atoms with Gasteiger partial charge < -0.3 is 9.55 Å². The predicted molar refractivity (Wildman–Crippen MR) is 52.1 cm³/mol. The molecule has 2 aromatic heterocycles. The van der Waals surface area contributed by atoms with Crippen molar-refractivity contribution in [1.29, 1.82) is 0 Å². The molecule has 0 bridgehead atoms. The van der Waals surface area contributed by atoms with Crippen LogP contribution in [0.5, 0.6) is 0 Å². The van der Waals surface area contributed by atoms with Gasteiger partial charge in [0.2, 0.25) is 22.0 Å². The number of pyridine rings is 1. The average Bonchev–Trinajstić information content (AvgIpc) is 2.19. The molecule has 0 saturated carbocycles. The van der Waals surface area contributed by atoms with Gasteiger partial charge in [0.05, 0.1) is 5.39 Å². The Hall–Kier alpha value is -1.63. The van der Waals surface area contributed by atoms with Crippen LogP contribution in [-0.2, 0) is 7.05 Å². The third-order valence-electron chi connectivity index (χ3n) is 1.95. The van der Waals surface area contributed by atoms with E-state index in [-0.39, 0.29) is 15.8 Å². The summed E-state index contributed by atoms with van der Waals surface area (Å²) in [6.45, 7) is 0. The molecule has 0 radical (unpaired) electrons. The van der Waals surface area contributed by atoms with Crippen molar-refractivity contribution < 1.29 is 8.78 Å². The van der Waals surface area contributed by atoms with Gasteiger partial charge in [-0.3, -0.25) is 4.79 Å². The highest BCUT2D eigenvalue weighted by Crippen LogP contribution is 2.06. The molecule has 0 amide bonds. The van der Waals surface area contributed by atoms with Crippen LogP contribution in [-0.4, -0.2) is 14.5 Å². The molecule has 2 rings (SSSR count). The summed E-state index contributed by atoms with van der Waals surface area (Å²) in [4.78, 5) is 17.1. The zero-order chi connectivity index (χ0) is 11.2. The van der Waals surface area contributed by atoms with Crippen molar-refractivity contribution in [3.63, 3.8) is 0 Å². The summed E-state index contributed by atoms with van der Waals surface area (Å²) in [5.41, 5.74) is -1.08. The summed E-state index contributed by atoms with van der Waals surface area (Å²) < 4.78 is 27.3. The summed E-state index contributed by atoms with van der Waals surface area (Å²) in [6.07, 6.45) is 1.31. The largest absolute Gasteiger partial charge is 0.326 e. The van der Waals surface area contributed by atoms with E-state index >= 15 is 0 Å². The van der Waals surface area contributed by atoms with Gasteiger partial charge in [-0.25, -0.2) is 4.98 Å². The third kappa shape index (κ3) is 1.44. The van der Waals surface area contributed by atoms with Gasteiger partial charge in [-0.1, -0.05) is 0 Å². The van der Waals surface area contributed by atoms with E-state index in [4.69, 9.17) is 12.2 Å². The van der Waals surface area contributed by atoms with E-state index in [0.29, 0.717) is 0 Å². The summed E-state index contributed by atoms with van der Waals surface area (Å²) in [5.74, 6) is -2.77. The van der Waals surface area contributed by atoms with E-state index < -0.39 is 17.2 Å². The van der Waals surface area contributed by atoms with Gasteiger partial charge in [0.15, 0.2) is 0 Å². The minimum absolute atomic E-state index is 0.0370. The van der Waals surface area contributed by atoms with Gasteiger partial charge in [-0.2, -0.15) is 8.78 Å². The first-order chi connectivity index (χ1) is 7.00. The quantitative estimate of drug-likeness (QED) is 0.546. The van der Waals surface area contributed by atoms with Crippen molar-refractivity contribution in [2.75, 3.05) is 0 Å². The molecule has 0 fully saturated rings. The highest BCUT2D eigenvalue weighted by molar-refractivity contribution is 7.71. The standard InChI is InChI=1S/C8H5F2N3OS/c1-13-2-3-5(14)4(9)6(10)11-7(3)12-8(13)15/h2H,1H3,(H,11,12,15). The number of aromatic nitrogens is 3. The molecule has 0 aromatic carbocycles. The van der Waals surface area contributed by atoms with Crippen LogP contribution in [0, 0.1) is 16.5 Å². The second-order valence-corrected chi connectivity index (χ2v) is 3.34. The molecule has 78 valence electrons. The van der Waals surface area contributed by atoms with E-state index in [1.54, 1.807) is 7.05 Å². The zero-order valence-electron chi connectivity index (χ0n) is 7.54. The van der Waals surface area contributed by atoms with Crippen LogP contribution < -0.4 is 5.43 Å². The van der Waals surface area contributed by atoms with Gasteiger partial charge >= 0.3 is 0 Å². The Morgan fingerprint density at radius 1 is 1.53 bits per heavy atom. The molecule has 7 heteroatoms. The molecule has 0 spiro atoms. The third-order valence-corrected chi connectivity index (χ3v) is 2.33. The van der Waals surface area contributed by atoms with Crippen LogP contribution in [0.25, 0.3) is 11.0 Å². The van der Waals surface area contributed by atoms with Crippen LogP contribution in [0.3, 0.4) is 0 Å². The molecule has 2 heterocycles. The van der Waals surface area contributed by atoms with E-state index in [2.05, 4.69) is 4.98 Å². The van der Waals surface area contributed by atoms with Gasteiger partial charge in [0.1, 0.15) is 5.65 Å². The molecule has 0 aliphatic carbocycles. The highest BCUT2D eigenvalue weighted by Gasteiger charge is 2.12. The molecule has 0 saturated heterocycles. The number of nitrogens with zero attached hydrogens (tertiary/aromatic N) is 2. The maximum atomic E-state index is 12.9. The molecular weight excluding hydrogens is 224 g/mol. The lowest BCUT2D eigenvalue weighted by Gasteiger charge is -2.01. The molecule has 4 nitrogen and oxygen atoms in total. The highest BCUT2D eigenvalue weighted by atomic mass is 32.1. The van der Waals surface area contributed by atoms with Crippen molar-refractivity contribution in [2.45, 2.75) is 0 Å². The Morgan fingerprint density at radius 2 is 2.20 bits per heavy atom. The van der Waals surface area contributed by atoms with Crippen LogP contribution in [0.2, 0.25) is 0 Å². The number of nitrogens with one attached hydrogen (secondary N) is 1. The van der Waals surface area contributed by atoms with E-state index in [1.165, 1.54) is 10.8 Å². The molecule has 0 aliphatic rings. The molecular formula is C8H5F2N3OS. The average molecular weight is 229 g/mol. The number of H-pyrrole nitrogens is 1. The maximum absolute atomic E-state index is 12.9. The first kappa shape index (κ1) is 9.91. The molecule has 0 unspecified atom stereocenters. The number of rotatable bonds is 0. The van der Waals surface area contributed by atoms with Gasteiger partial charge in [0.25, 0.3) is 0 Å². The summed E-state index contributed by atoms with van der Waals surface area (Å²) in [7, 11) is 1.56. The molecule has 1 N–H and O–H groups in total. The molecule has 15 heavy (non-hydrogen) atoms. The van der Waals surface area contributed by atoms with Crippen molar-refractivity contribution in [1.82, 2.24) is 14.5 Å². The Bertz CT molecular complexity index is 661. The normalized spacial score (nSPS) is 10.9. The summed E-state index contributed by atoms with van der Waals surface area (Å²) >= 11 is 4.81. The van der Waals surface area contributed by atoms with E-state index in [1.807, 2.05) is 4.98 Å². The maximum Gasteiger partial charge on any atom is 0.232 e. The fraction of sp³-hybridized carbons (Fsp3) is 0.125. The number of halogens is 2. The Morgan fingerprint density at radius 3 is 2.87 bits per heavy atom. The molecule has 0 aliphatic heterocycles. The number of fused-ring (bicyclic) bond motifs is 1. The van der Waals surface area contributed by atoms with Crippen molar-refractivity contribution in [2.24, 2.45) is 7.05 Å². The molecule has 2 aromatic rings. The van der Waals surface area contributed by atoms with Crippen molar-refractivity contribution in [3.05, 3.63) is 33.0 Å². The summed E-state index contributed by atoms with van der Waals surface area (Å²) in [5, 5.41) is -0.0370. The second-order valence-electron chi connectivity index (χ2n) is 2.98. The van der Waals surface area contributed by atoms with E-state index in [9.17, 15) is 13.6 Å². The minimum atomic E-state index is -1.44. The van der Waals surface area contributed by atoms with Gasteiger partial charge in [-0.05, 0) is 12.2 Å². The fourth-order valence-corrected chi connectivity index (χ4v) is 1.33. The number of aryl methyl sites for hydroxylation is 1. The topological polar surface area (TPSA) is 50.7 Å². The van der Waals surface area contributed by atoms with Gasteiger partial charge in [-0.15, -0.1) is 0 Å². The van der Waals surface area contributed by atoms with Gasteiger partial charge in [0, 0.05) is 13.2 Å². The fourth-order valence-electron chi connectivity index (χ4n) is 1.18. The van der Waals surface area contributed by atoms with Crippen molar-refractivity contribution in [3.8, 4) is 0 Å². The predicted octanol–water partition coefficient (Wildman–Crippen LogP) is 1.27. The first-order valence-corrected chi connectivity index (χ1v) is 4.36. The second kappa shape index (κ2) is 3.20. The SMILES string of the molecule is Cn1cc2c(=O)c(F)c(F)[nH]c2nc1=S. The van der Waals surface area contributed by atoms with E-state index in [0.717, 1.165) is 0 Å². The molecule has 0 atom stereocenters. The van der Waals surface area contributed by atoms with Crippen LogP contribution in [0.4, 0.5) is 8.78 Å². The lowest BCUT2D eigenvalue weighted by molar-refractivity contribution is 0.477. The Labute approximate surface area is 87.2 Å². The summed E-state index contributed by atoms with van der Waals surface area (Å²) in [6, 6.07) is 0. The number of hydrogen-bond donors (Lipinski definition) is 1. The van der Waals surface area contributed by atoms with Crippen molar-refractivity contribution >= 4 is 23.3 Å². The lowest BCUT2D eigenvalue weighted by atomic mass is 10.3. The van der Waals surface area contributed by atoms with Crippen LogP contribution >= 0.6 is 12.2 Å². The zero-order valence-corrected chi connectivity index (χ0v) is 8.36. The Kier molecular flexibility index (Phi) is 2.11. The lowest BCUT2D eigenvalue weighted by Crippen LogP contribution is -2.14.